The van der Waals surface area contributed by atoms with Crippen molar-refractivity contribution in [3.8, 4) is 0 Å². The standard InChI is InChI=1S/C8H8O3/c9-5-7-2-1-3-8(11,4-7)6-10/h1-3,5-6,11H,4H2. The Balaban J connectivity index is 2.84. The van der Waals surface area contributed by atoms with E-state index >= 15 is 0 Å². The van der Waals surface area contributed by atoms with Gasteiger partial charge < -0.3 is 5.11 Å². The van der Waals surface area contributed by atoms with E-state index in [1.165, 1.54) is 12.2 Å². The Kier molecular flexibility index (Phi) is 2.01. The van der Waals surface area contributed by atoms with Crippen LogP contribution in [0.15, 0.2) is 23.8 Å². The lowest BCUT2D eigenvalue weighted by molar-refractivity contribution is -0.120. The minimum absolute atomic E-state index is 0.0799. The molecule has 0 spiro atoms. The van der Waals surface area contributed by atoms with Crippen LogP contribution in [0.3, 0.4) is 0 Å². The van der Waals surface area contributed by atoms with Crippen LogP contribution in [-0.2, 0) is 9.59 Å². The van der Waals surface area contributed by atoms with Gasteiger partial charge in [0.15, 0.2) is 6.29 Å². The summed E-state index contributed by atoms with van der Waals surface area (Å²) in [6.07, 6.45) is 5.59. The molecule has 0 saturated heterocycles. The minimum Gasteiger partial charge on any atom is -0.378 e. The van der Waals surface area contributed by atoms with E-state index in [2.05, 4.69) is 0 Å². The number of aliphatic hydroxyl groups is 1. The van der Waals surface area contributed by atoms with Crippen LogP contribution in [0, 0.1) is 0 Å². The van der Waals surface area contributed by atoms with Gasteiger partial charge in [0.25, 0.3) is 0 Å². The maximum Gasteiger partial charge on any atom is 0.155 e. The molecular weight excluding hydrogens is 144 g/mol. The smallest absolute Gasteiger partial charge is 0.155 e. The van der Waals surface area contributed by atoms with Crippen molar-refractivity contribution in [3.63, 3.8) is 0 Å². The van der Waals surface area contributed by atoms with Crippen molar-refractivity contribution in [1.29, 1.82) is 0 Å². The van der Waals surface area contributed by atoms with Crippen LogP contribution in [0.1, 0.15) is 6.42 Å². The molecule has 0 aromatic rings. The fourth-order valence-electron chi connectivity index (χ4n) is 0.945. The minimum atomic E-state index is -1.47. The molecule has 58 valence electrons. The van der Waals surface area contributed by atoms with E-state index in [1.54, 1.807) is 6.08 Å². The van der Waals surface area contributed by atoms with Gasteiger partial charge in [0.1, 0.15) is 11.9 Å². The van der Waals surface area contributed by atoms with Crippen LogP contribution in [0.5, 0.6) is 0 Å². The largest absolute Gasteiger partial charge is 0.378 e. The van der Waals surface area contributed by atoms with E-state index < -0.39 is 5.60 Å². The van der Waals surface area contributed by atoms with Crippen molar-refractivity contribution < 1.29 is 14.7 Å². The Hall–Kier alpha value is -1.22. The zero-order chi connectivity index (χ0) is 8.32. The van der Waals surface area contributed by atoms with Gasteiger partial charge in [-0.15, -0.1) is 0 Å². The summed E-state index contributed by atoms with van der Waals surface area (Å²) in [5.74, 6) is 0. The maximum atomic E-state index is 10.3. The van der Waals surface area contributed by atoms with Crippen molar-refractivity contribution >= 4 is 12.6 Å². The first-order chi connectivity index (χ1) is 5.20. The lowest BCUT2D eigenvalue weighted by Crippen LogP contribution is -2.29. The molecule has 1 N–H and O–H groups in total. The monoisotopic (exact) mass is 152 g/mol. The SMILES string of the molecule is O=CC1=CC=CC(O)(C=O)C1. The quantitative estimate of drug-likeness (QED) is 0.567. The molecule has 1 aliphatic rings. The summed E-state index contributed by atoms with van der Waals surface area (Å²) in [5.41, 5.74) is -1.03. The summed E-state index contributed by atoms with van der Waals surface area (Å²) in [7, 11) is 0. The number of carbonyl (C=O) groups excluding carboxylic acids is 2. The van der Waals surface area contributed by atoms with Gasteiger partial charge in [0.2, 0.25) is 0 Å². The molecular formula is C8H8O3. The highest BCUT2D eigenvalue weighted by molar-refractivity contribution is 5.79. The Morgan fingerprint density at radius 2 is 2.27 bits per heavy atom. The third-order valence-corrected chi connectivity index (χ3v) is 1.54. The van der Waals surface area contributed by atoms with E-state index in [9.17, 15) is 14.7 Å². The van der Waals surface area contributed by atoms with Crippen molar-refractivity contribution in [3.05, 3.63) is 23.8 Å². The molecule has 11 heavy (non-hydrogen) atoms. The summed E-state index contributed by atoms with van der Waals surface area (Å²) in [6.45, 7) is 0. The molecule has 0 bridgehead atoms. The average molecular weight is 152 g/mol. The molecule has 3 nitrogen and oxygen atoms in total. The molecule has 3 heteroatoms. The van der Waals surface area contributed by atoms with Crippen LogP contribution in [0.25, 0.3) is 0 Å². The maximum absolute atomic E-state index is 10.3. The van der Waals surface area contributed by atoms with Crippen molar-refractivity contribution in [2.75, 3.05) is 0 Å². The first kappa shape index (κ1) is 7.88. The van der Waals surface area contributed by atoms with E-state index in [0.717, 1.165) is 0 Å². The summed E-state index contributed by atoms with van der Waals surface area (Å²) in [5, 5.41) is 9.33. The number of hydrogen-bond acceptors (Lipinski definition) is 3. The highest BCUT2D eigenvalue weighted by Crippen LogP contribution is 2.19. The second-order valence-corrected chi connectivity index (χ2v) is 2.50. The number of rotatable bonds is 2. The summed E-state index contributed by atoms with van der Waals surface area (Å²) >= 11 is 0. The van der Waals surface area contributed by atoms with Gasteiger partial charge >= 0.3 is 0 Å². The second kappa shape index (κ2) is 2.80. The van der Waals surface area contributed by atoms with Crippen LogP contribution in [0.2, 0.25) is 0 Å². The fraction of sp³-hybridized carbons (Fsp3) is 0.250. The van der Waals surface area contributed by atoms with Gasteiger partial charge in [-0.05, 0) is 11.6 Å². The van der Waals surface area contributed by atoms with Crippen molar-refractivity contribution in [2.45, 2.75) is 12.0 Å². The molecule has 0 aromatic heterocycles. The molecule has 1 rings (SSSR count). The molecule has 0 aromatic carbocycles. The van der Waals surface area contributed by atoms with E-state index in [1.807, 2.05) is 0 Å². The normalized spacial score (nSPS) is 29.4. The Bertz CT molecular complexity index is 240. The predicted molar refractivity (Wildman–Crippen MR) is 38.9 cm³/mol. The lowest BCUT2D eigenvalue weighted by atomic mass is 9.92. The second-order valence-electron chi connectivity index (χ2n) is 2.50. The van der Waals surface area contributed by atoms with Gasteiger partial charge in [0, 0.05) is 6.42 Å². The van der Waals surface area contributed by atoms with Gasteiger partial charge in [-0.25, -0.2) is 0 Å². The fourth-order valence-corrected chi connectivity index (χ4v) is 0.945. The summed E-state index contributed by atoms with van der Waals surface area (Å²) < 4.78 is 0. The topological polar surface area (TPSA) is 54.4 Å². The van der Waals surface area contributed by atoms with Crippen LogP contribution in [-0.4, -0.2) is 23.3 Å². The predicted octanol–water partition coefficient (Wildman–Crippen LogP) is 0.00160. The third-order valence-electron chi connectivity index (χ3n) is 1.54. The third kappa shape index (κ3) is 1.62. The summed E-state index contributed by atoms with van der Waals surface area (Å²) in [4.78, 5) is 20.5. The molecule has 0 aliphatic heterocycles. The average Bonchev–Trinajstić information content (AvgIpc) is 2.05. The number of aldehydes is 2. The van der Waals surface area contributed by atoms with Crippen LogP contribution >= 0.6 is 0 Å². The molecule has 0 heterocycles. The molecule has 0 radical (unpaired) electrons. The number of hydrogen-bond donors (Lipinski definition) is 1. The Morgan fingerprint density at radius 3 is 2.82 bits per heavy atom. The number of allylic oxidation sites excluding steroid dienone is 2. The van der Waals surface area contributed by atoms with E-state index in [0.29, 0.717) is 18.1 Å². The highest BCUT2D eigenvalue weighted by Gasteiger charge is 2.25. The van der Waals surface area contributed by atoms with Gasteiger partial charge in [-0.1, -0.05) is 12.2 Å². The molecule has 1 aliphatic carbocycles. The Morgan fingerprint density at radius 1 is 1.55 bits per heavy atom. The number of carbonyl (C=O) groups is 2. The van der Waals surface area contributed by atoms with Crippen LogP contribution < -0.4 is 0 Å². The Labute approximate surface area is 64.0 Å². The molecule has 1 unspecified atom stereocenters. The van der Waals surface area contributed by atoms with Crippen molar-refractivity contribution in [2.24, 2.45) is 0 Å². The van der Waals surface area contributed by atoms with Gasteiger partial charge in [0.05, 0.1) is 0 Å². The lowest BCUT2D eigenvalue weighted by Gasteiger charge is -2.19. The molecule has 0 saturated carbocycles. The first-order valence-electron chi connectivity index (χ1n) is 3.22. The zero-order valence-electron chi connectivity index (χ0n) is 5.86. The molecule has 0 fully saturated rings. The molecule has 0 amide bonds. The van der Waals surface area contributed by atoms with E-state index in [-0.39, 0.29) is 6.42 Å². The van der Waals surface area contributed by atoms with Crippen molar-refractivity contribution in [1.82, 2.24) is 0 Å². The molecule has 1 atom stereocenters. The van der Waals surface area contributed by atoms with Gasteiger partial charge in [-0.3, -0.25) is 9.59 Å². The summed E-state index contributed by atoms with van der Waals surface area (Å²) in [6, 6.07) is 0. The van der Waals surface area contributed by atoms with Gasteiger partial charge in [-0.2, -0.15) is 0 Å². The first-order valence-corrected chi connectivity index (χ1v) is 3.22. The van der Waals surface area contributed by atoms with E-state index in [4.69, 9.17) is 0 Å². The zero-order valence-corrected chi connectivity index (χ0v) is 5.86. The van der Waals surface area contributed by atoms with Crippen LogP contribution in [0.4, 0.5) is 0 Å². The highest BCUT2D eigenvalue weighted by atomic mass is 16.3.